The van der Waals surface area contributed by atoms with Crippen LogP contribution >= 0.6 is 0 Å². The molecule has 2 aromatic carbocycles. The van der Waals surface area contributed by atoms with Crippen molar-refractivity contribution in [1.29, 1.82) is 0 Å². The molecule has 0 bridgehead atoms. The van der Waals surface area contributed by atoms with Crippen LogP contribution in [-0.2, 0) is 4.79 Å². The fourth-order valence-electron chi connectivity index (χ4n) is 2.01. The Hall–Kier alpha value is -3.08. The summed E-state index contributed by atoms with van der Waals surface area (Å²) in [5.74, 6) is 0.523. The molecule has 3 rings (SSSR count). The molecule has 0 aliphatic carbocycles. The molecule has 5 nitrogen and oxygen atoms in total. The second-order valence-electron chi connectivity index (χ2n) is 4.60. The number of para-hydroxylation sites is 1. The number of carbonyl (C=O) groups is 1. The molecule has 1 aromatic heterocycles. The number of hydrogen-bond acceptors (Lipinski definition) is 5. The van der Waals surface area contributed by atoms with Crippen molar-refractivity contribution in [3.8, 4) is 17.2 Å². The number of esters is 1. The van der Waals surface area contributed by atoms with Crippen LogP contribution in [0, 0.1) is 0 Å². The minimum absolute atomic E-state index is 0.0962. The minimum atomic E-state index is -0.439. The fraction of sp³-hybridized carbons (Fsp3) is 0.0588. The molecule has 1 heterocycles. The summed E-state index contributed by atoms with van der Waals surface area (Å²) in [4.78, 5) is 23.3. The highest BCUT2D eigenvalue weighted by Crippen LogP contribution is 2.23. The summed E-state index contributed by atoms with van der Waals surface area (Å²) in [6.07, 6.45) is 1.25. The molecule has 0 spiro atoms. The number of benzene rings is 2. The maximum Gasteiger partial charge on any atom is 0.308 e. The standard InChI is InChI=1S/C17H12O5/c1-11(18)21-13-7-8-14-15(9-13)20-10-16(17(14)19)22-12-5-3-2-4-6-12/h2-10H,1H3. The maximum absolute atomic E-state index is 12.4. The SMILES string of the molecule is CC(=O)Oc1ccc2c(=O)c(Oc3ccccc3)coc2c1. The average molecular weight is 296 g/mol. The summed E-state index contributed by atoms with van der Waals surface area (Å²) in [5, 5.41) is 0.351. The van der Waals surface area contributed by atoms with Gasteiger partial charge in [-0.25, -0.2) is 0 Å². The van der Waals surface area contributed by atoms with E-state index >= 15 is 0 Å². The second-order valence-corrected chi connectivity index (χ2v) is 4.60. The molecule has 3 aromatic rings. The van der Waals surface area contributed by atoms with E-state index in [-0.39, 0.29) is 11.2 Å². The second kappa shape index (κ2) is 5.73. The summed E-state index contributed by atoms with van der Waals surface area (Å²) in [7, 11) is 0. The highest BCUT2D eigenvalue weighted by Gasteiger charge is 2.10. The van der Waals surface area contributed by atoms with Gasteiger partial charge in [-0.15, -0.1) is 0 Å². The van der Waals surface area contributed by atoms with Gasteiger partial charge in [-0.2, -0.15) is 0 Å². The first-order valence-corrected chi connectivity index (χ1v) is 6.60. The third kappa shape index (κ3) is 2.83. The first-order chi connectivity index (χ1) is 10.6. The summed E-state index contributed by atoms with van der Waals surface area (Å²) >= 11 is 0. The topological polar surface area (TPSA) is 65.7 Å². The van der Waals surface area contributed by atoms with Gasteiger partial charge in [0.15, 0.2) is 0 Å². The number of ether oxygens (including phenoxy) is 2. The summed E-state index contributed by atoms with van der Waals surface area (Å²) in [5.41, 5.74) is 0.0311. The zero-order chi connectivity index (χ0) is 15.5. The summed E-state index contributed by atoms with van der Waals surface area (Å²) < 4.78 is 15.9. The lowest BCUT2D eigenvalue weighted by Crippen LogP contribution is -2.06. The third-order valence-electron chi connectivity index (χ3n) is 2.95. The van der Waals surface area contributed by atoms with Crippen molar-refractivity contribution in [3.63, 3.8) is 0 Å². The van der Waals surface area contributed by atoms with Crippen molar-refractivity contribution in [3.05, 3.63) is 65.0 Å². The molecule has 22 heavy (non-hydrogen) atoms. The molecule has 0 amide bonds. The van der Waals surface area contributed by atoms with Crippen molar-refractivity contribution in [2.45, 2.75) is 6.92 Å². The molecular weight excluding hydrogens is 284 g/mol. The molecular formula is C17H12O5. The Labute approximate surface area is 125 Å². The number of rotatable bonds is 3. The molecule has 0 unspecified atom stereocenters. The predicted molar refractivity (Wildman–Crippen MR) is 80.3 cm³/mol. The van der Waals surface area contributed by atoms with Gasteiger partial charge in [0, 0.05) is 13.0 Å². The summed E-state index contributed by atoms with van der Waals surface area (Å²) in [6, 6.07) is 13.5. The van der Waals surface area contributed by atoms with Crippen LogP contribution in [0.15, 0.2) is 64.0 Å². The number of hydrogen-bond donors (Lipinski definition) is 0. The first-order valence-electron chi connectivity index (χ1n) is 6.60. The Balaban J connectivity index is 1.99. The van der Waals surface area contributed by atoms with E-state index in [9.17, 15) is 9.59 Å². The van der Waals surface area contributed by atoms with Crippen LogP contribution in [0.25, 0.3) is 11.0 Å². The Kier molecular flexibility index (Phi) is 3.62. The molecule has 0 atom stereocenters. The Morgan fingerprint density at radius 3 is 2.55 bits per heavy atom. The highest BCUT2D eigenvalue weighted by molar-refractivity contribution is 5.80. The quantitative estimate of drug-likeness (QED) is 0.546. The van der Waals surface area contributed by atoms with Crippen molar-refractivity contribution < 1.29 is 18.7 Å². The minimum Gasteiger partial charge on any atom is -0.460 e. The zero-order valence-electron chi connectivity index (χ0n) is 11.7. The van der Waals surface area contributed by atoms with Gasteiger partial charge in [0.2, 0.25) is 11.2 Å². The maximum atomic E-state index is 12.4. The number of fused-ring (bicyclic) bond motifs is 1. The zero-order valence-corrected chi connectivity index (χ0v) is 11.7. The van der Waals surface area contributed by atoms with E-state index in [2.05, 4.69) is 0 Å². The van der Waals surface area contributed by atoms with Crippen LogP contribution in [0.2, 0.25) is 0 Å². The molecule has 5 heteroatoms. The molecule has 0 N–H and O–H groups in total. The first kappa shape index (κ1) is 13.9. The van der Waals surface area contributed by atoms with Crippen LogP contribution in [0.4, 0.5) is 0 Å². The van der Waals surface area contributed by atoms with Crippen molar-refractivity contribution in [2.24, 2.45) is 0 Å². The molecule has 0 saturated carbocycles. The highest BCUT2D eigenvalue weighted by atomic mass is 16.5. The lowest BCUT2D eigenvalue weighted by molar-refractivity contribution is -0.131. The van der Waals surface area contributed by atoms with Crippen molar-refractivity contribution in [2.75, 3.05) is 0 Å². The van der Waals surface area contributed by atoms with Gasteiger partial charge in [0.1, 0.15) is 23.3 Å². The Morgan fingerprint density at radius 1 is 1.05 bits per heavy atom. The van der Waals surface area contributed by atoms with Crippen LogP contribution in [0.1, 0.15) is 6.92 Å². The van der Waals surface area contributed by atoms with Crippen molar-refractivity contribution in [1.82, 2.24) is 0 Å². The van der Waals surface area contributed by atoms with Crippen molar-refractivity contribution >= 4 is 16.9 Å². The van der Waals surface area contributed by atoms with E-state index in [0.29, 0.717) is 22.5 Å². The van der Waals surface area contributed by atoms with Gasteiger partial charge < -0.3 is 13.9 Å². The van der Waals surface area contributed by atoms with Crippen LogP contribution in [0.5, 0.6) is 17.2 Å². The normalized spacial score (nSPS) is 10.4. The largest absolute Gasteiger partial charge is 0.460 e. The van der Waals surface area contributed by atoms with Gasteiger partial charge in [0.05, 0.1) is 5.39 Å². The van der Waals surface area contributed by atoms with Gasteiger partial charge >= 0.3 is 5.97 Å². The molecule has 0 fully saturated rings. The molecule has 0 aliphatic heterocycles. The molecule has 0 aliphatic rings. The van der Waals surface area contributed by atoms with Gasteiger partial charge in [-0.1, -0.05) is 18.2 Å². The van der Waals surface area contributed by atoms with Gasteiger partial charge in [-0.05, 0) is 24.3 Å². The van der Waals surface area contributed by atoms with E-state index in [1.54, 1.807) is 12.1 Å². The lowest BCUT2D eigenvalue weighted by atomic mass is 10.2. The Bertz CT molecular complexity index is 880. The molecule has 110 valence electrons. The van der Waals surface area contributed by atoms with E-state index < -0.39 is 5.97 Å². The number of carbonyl (C=O) groups excluding carboxylic acids is 1. The monoisotopic (exact) mass is 296 g/mol. The van der Waals surface area contributed by atoms with Crippen LogP contribution in [-0.4, -0.2) is 5.97 Å². The van der Waals surface area contributed by atoms with Crippen LogP contribution in [0.3, 0.4) is 0 Å². The van der Waals surface area contributed by atoms with Gasteiger partial charge in [0.25, 0.3) is 0 Å². The fourth-order valence-corrected chi connectivity index (χ4v) is 2.01. The van der Waals surface area contributed by atoms with E-state index in [1.165, 1.54) is 31.4 Å². The summed E-state index contributed by atoms with van der Waals surface area (Å²) in [6.45, 7) is 1.30. The van der Waals surface area contributed by atoms with E-state index in [0.717, 1.165) is 0 Å². The smallest absolute Gasteiger partial charge is 0.308 e. The predicted octanol–water partition coefficient (Wildman–Crippen LogP) is 3.51. The Morgan fingerprint density at radius 2 is 1.82 bits per heavy atom. The lowest BCUT2D eigenvalue weighted by Gasteiger charge is -2.06. The van der Waals surface area contributed by atoms with E-state index in [4.69, 9.17) is 13.9 Å². The molecule has 0 radical (unpaired) electrons. The molecule has 0 saturated heterocycles. The van der Waals surface area contributed by atoms with Gasteiger partial charge in [-0.3, -0.25) is 9.59 Å². The van der Waals surface area contributed by atoms with E-state index in [1.807, 2.05) is 18.2 Å². The van der Waals surface area contributed by atoms with Crippen LogP contribution < -0.4 is 14.9 Å². The average Bonchev–Trinajstić information content (AvgIpc) is 2.50. The third-order valence-corrected chi connectivity index (χ3v) is 2.95.